The summed E-state index contributed by atoms with van der Waals surface area (Å²) in [6.45, 7) is 9.90. The predicted molar refractivity (Wildman–Crippen MR) is 80.5 cm³/mol. The molecule has 0 N–H and O–H groups in total. The molecule has 2 heteroatoms. The predicted octanol–water partition coefficient (Wildman–Crippen LogP) is 4.10. The number of benzene rings is 1. The summed E-state index contributed by atoms with van der Waals surface area (Å²) in [5.74, 6) is 2.00. The molecule has 2 nitrogen and oxygen atoms in total. The Morgan fingerprint density at radius 2 is 2.00 bits per heavy atom. The van der Waals surface area contributed by atoms with Gasteiger partial charge < -0.3 is 4.74 Å². The molecular weight excluding hydrogens is 234 g/mol. The quantitative estimate of drug-likeness (QED) is 0.698. The number of hydrogen-bond acceptors (Lipinski definition) is 2. The third-order valence-corrected chi connectivity index (χ3v) is 3.48. The van der Waals surface area contributed by atoms with Crippen LogP contribution in [-0.4, -0.2) is 24.1 Å². The van der Waals surface area contributed by atoms with Crippen molar-refractivity contribution in [3.63, 3.8) is 0 Å². The van der Waals surface area contributed by atoms with Crippen molar-refractivity contribution in [2.75, 3.05) is 13.1 Å². The first kappa shape index (κ1) is 14.4. The lowest BCUT2D eigenvalue weighted by atomic mass is 10.1. The zero-order valence-corrected chi connectivity index (χ0v) is 12.6. The molecule has 106 valence electrons. The van der Waals surface area contributed by atoms with Gasteiger partial charge in [-0.3, -0.25) is 4.90 Å². The van der Waals surface area contributed by atoms with Crippen LogP contribution in [0.15, 0.2) is 24.3 Å². The number of nitrogens with zero attached hydrogens (tertiary/aromatic N) is 1. The largest absolute Gasteiger partial charge is 0.491 e. The van der Waals surface area contributed by atoms with Crippen LogP contribution in [-0.2, 0) is 6.54 Å². The second kappa shape index (κ2) is 6.95. The van der Waals surface area contributed by atoms with Crippen LogP contribution in [0.5, 0.6) is 5.75 Å². The van der Waals surface area contributed by atoms with Gasteiger partial charge in [0.2, 0.25) is 0 Å². The van der Waals surface area contributed by atoms with Crippen LogP contribution in [0.25, 0.3) is 0 Å². The van der Waals surface area contributed by atoms with Crippen LogP contribution in [0, 0.1) is 5.92 Å². The Labute approximate surface area is 117 Å². The monoisotopic (exact) mass is 261 g/mol. The van der Waals surface area contributed by atoms with E-state index >= 15 is 0 Å². The number of ether oxygens (including phenoxy) is 1. The molecule has 2 rings (SSSR count). The first-order valence-corrected chi connectivity index (χ1v) is 7.66. The number of hydrogen-bond donors (Lipinski definition) is 0. The molecule has 1 aliphatic rings. The van der Waals surface area contributed by atoms with Crippen LogP contribution in [0.2, 0.25) is 0 Å². The molecule has 0 amide bonds. The molecule has 1 aliphatic carbocycles. The van der Waals surface area contributed by atoms with Crippen molar-refractivity contribution >= 4 is 0 Å². The van der Waals surface area contributed by atoms with E-state index in [0.717, 1.165) is 18.2 Å². The van der Waals surface area contributed by atoms with Gasteiger partial charge in [0.25, 0.3) is 0 Å². The van der Waals surface area contributed by atoms with E-state index in [1.165, 1.54) is 37.9 Å². The zero-order valence-electron chi connectivity index (χ0n) is 12.6. The lowest BCUT2D eigenvalue weighted by molar-refractivity contribution is 0.223. The summed E-state index contributed by atoms with van der Waals surface area (Å²) in [4.78, 5) is 2.58. The molecule has 0 atom stereocenters. The van der Waals surface area contributed by atoms with E-state index in [0.29, 0.717) is 0 Å². The molecule has 1 fully saturated rings. The first-order valence-electron chi connectivity index (χ1n) is 7.66. The average Bonchev–Trinajstić information content (AvgIpc) is 3.15. The maximum atomic E-state index is 5.92. The highest BCUT2D eigenvalue weighted by molar-refractivity contribution is 5.33. The Bertz CT molecular complexity index is 385. The summed E-state index contributed by atoms with van der Waals surface area (Å²) in [7, 11) is 0. The maximum Gasteiger partial charge on any atom is 0.124 e. The number of para-hydroxylation sites is 1. The summed E-state index contributed by atoms with van der Waals surface area (Å²) in [5, 5.41) is 0. The molecule has 0 bridgehead atoms. The normalized spacial score (nSPS) is 15.2. The first-order chi connectivity index (χ1) is 9.19. The molecule has 0 unspecified atom stereocenters. The van der Waals surface area contributed by atoms with Gasteiger partial charge in [-0.25, -0.2) is 0 Å². The summed E-state index contributed by atoms with van der Waals surface area (Å²) in [5.41, 5.74) is 1.32. The van der Waals surface area contributed by atoms with Crippen molar-refractivity contribution in [1.82, 2.24) is 4.90 Å². The Hall–Kier alpha value is -1.02. The van der Waals surface area contributed by atoms with Gasteiger partial charge in [-0.2, -0.15) is 0 Å². The van der Waals surface area contributed by atoms with Crippen LogP contribution in [0.3, 0.4) is 0 Å². The highest BCUT2D eigenvalue weighted by Gasteiger charge is 2.24. The second-order valence-corrected chi connectivity index (χ2v) is 5.95. The summed E-state index contributed by atoms with van der Waals surface area (Å²) in [6.07, 6.45) is 4.30. The molecule has 19 heavy (non-hydrogen) atoms. The highest BCUT2D eigenvalue weighted by Crippen LogP contribution is 2.31. The third kappa shape index (κ3) is 4.87. The van der Waals surface area contributed by atoms with Crippen molar-refractivity contribution < 1.29 is 4.74 Å². The van der Waals surface area contributed by atoms with E-state index in [1.807, 2.05) is 0 Å². The minimum atomic E-state index is 0.240. The molecule has 0 saturated heterocycles. The summed E-state index contributed by atoms with van der Waals surface area (Å²) in [6, 6.07) is 8.47. The van der Waals surface area contributed by atoms with E-state index in [4.69, 9.17) is 4.74 Å². The fraction of sp³-hybridized carbons (Fsp3) is 0.647. The smallest absolute Gasteiger partial charge is 0.124 e. The minimum absolute atomic E-state index is 0.240. The molecule has 1 aromatic carbocycles. The van der Waals surface area contributed by atoms with Crippen LogP contribution in [0.4, 0.5) is 0 Å². The standard InChI is InChI=1S/C17H27NO/c1-4-11-18(12-15-9-10-15)13-16-7-5-6-8-17(16)19-14(2)3/h5-8,14-15H,4,9-13H2,1-3H3. The molecule has 0 aliphatic heterocycles. The Kier molecular flexibility index (Phi) is 5.26. The molecular formula is C17H27NO. The van der Waals surface area contributed by atoms with E-state index in [9.17, 15) is 0 Å². The molecule has 1 aromatic rings. The van der Waals surface area contributed by atoms with Crippen molar-refractivity contribution in [2.24, 2.45) is 5.92 Å². The summed E-state index contributed by atoms with van der Waals surface area (Å²) < 4.78 is 5.92. The van der Waals surface area contributed by atoms with E-state index < -0.39 is 0 Å². The fourth-order valence-corrected chi connectivity index (χ4v) is 2.46. The van der Waals surface area contributed by atoms with Gasteiger partial charge in [0.05, 0.1) is 6.10 Å². The zero-order chi connectivity index (χ0) is 13.7. The molecule has 1 saturated carbocycles. The molecule has 0 aromatic heterocycles. The molecule has 0 radical (unpaired) electrons. The lowest BCUT2D eigenvalue weighted by Crippen LogP contribution is -2.26. The Balaban J connectivity index is 2.01. The SMILES string of the molecule is CCCN(Cc1ccccc1OC(C)C)CC1CC1. The summed E-state index contributed by atoms with van der Waals surface area (Å²) >= 11 is 0. The minimum Gasteiger partial charge on any atom is -0.491 e. The van der Waals surface area contributed by atoms with Gasteiger partial charge in [-0.05, 0) is 51.6 Å². The average molecular weight is 261 g/mol. The van der Waals surface area contributed by atoms with E-state index in [2.05, 4.69) is 49.9 Å². The van der Waals surface area contributed by atoms with Crippen molar-refractivity contribution in [3.8, 4) is 5.75 Å². The van der Waals surface area contributed by atoms with Crippen LogP contribution < -0.4 is 4.74 Å². The van der Waals surface area contributed by atoms with Gasteiger partial charge in [0.1, 0.15) is 5.75 Å². The fourth-order valence-electron chi connectivity index (χ4n) is 2.46. The maximum absolute atomic E-state index is 5.92. The Morgan fingerprint density at radius 1 is 1.26 bits per heavy atom. The van der Waals surface area contributed by atoms with Gasteiger partial charge in [0.15, 0.2) is 0 Å². The van der Waals surface area contributed by atoms with E-state index in [1.54, 1.807) is 0 Å². The third-order valence-electron chi connectivity index (χ3n) is 3.48. The molecule has 0 spiro atoms. The Morgan fingerprint density at radius 3 is 2.63 bits per heavy atom. The topological polar surface area (TPSA) is 12.5 Å². The van der Waals surface area contributed by atoms with Gasteiger partial charge >= 0.3 is 0 Å². The van der Waals surface area contributed by atoms with Gasteiger partial charge in [-0.15, -0.1) is 0 Å². The van der Waals surface area contributed by atoms with Crippen molar-refractivity contribution in [1.29, 1.82) is 0 Å². The van der Waals surface area contributed by atoms with E-state index in [-0.39, 0.29) is 6.10 Å². The highest BCUT2D eigenvalue weighted by atomic mass is 16.5. The van der Waals surface area contributed by atoms with Crippen LogP contribution in [0.1, 0.15) is 45.6 Å². The second-order valence-electron chi connectivity index (χ2n) is 5.95. The van der Waals surface area contributed by atoms with Crippen molar-refractivity contribution in [3.05, 3.63) is 29.8 Å². The van der Waals surface area contributed by atoms with Gasteiger partial charge in [-0.1, -0.05) is 25.1 Å². The van der Waals surface area contributed by atoms with Gasteiger partial charge in [0, 0.05) is 18.7 Å². The number of rotatable bonds is 8. The molecule has 0 heterocycles. The van der Waals surface area contributed by atoms with Crippen LogP contribution >= 0.6 is 0 Å². The van der Waals surface area contributed by atoms with Crippen molar-refractivity contribution in [2.45, 2.75) is 52.7 Å². The lowest BCUT2D eigenvalue weighted by Gasteiger charge is -2.23.